The molecule has 1 aromatic carbocycles. The number of hydrogen-bond donors (Lipinski definition) is 4. The van der Waals surface area contributed by atoms with Crippen molar-refractivity contribution in [1.82, 2.24) is 5.32 Å². The number of carbonyl (C=O) groups excluding carboxylic acids is 1. The molecule has 9 nitrogen and oxygen atoms in total. The Morgan fingerprint density at radius 3 is 2.39 bits per heavy atom. The zero-order valence-corrected chi connectivity index (χ0v) is 14.0. The molecule has 1 amide bonds. The van der Waals surface area contributed by atoms with Gasteiger partial charge in [0.15, 0.2) is 5.90 Å². The van der Waals surface area contributed by atoms with Crippen LogP contribution in [0.1, 0.15) is 12.0 Å². The molecule has 0 fully saturated rings. The van der Waals surface area contributed by atoms with Gasteiger partial charge in [0.2, 0.25) is 0 Å². The van der Waals surface area contributed by atoms with Crippen molar-refractivity contribution < 1.29 is 37.9 Å². The van der Waals surface area contributed by atoms with Gasteiger partial charge in [-0.1, -0.05) is 30.3 Å². The van der Waals surface area contributed by atoms with Crippen molar-refractivity contribution in [1.29, 1.82) is 0 Å². The number of rotatable bonds is 9. The number of alkyl carbamates (subject to hydrolysis) is 1. The highest BCUT2D eigenvalue weighted by Crippen LogP contribution is 2.55. The van der Waals surface area contributed by atoms with Crippen molar-refractivity contribution in [2.45, 2.75) is 13.0 Å². The molecule has 0 aliphatic rings. The van der Waals surface area contributed by atoms with Crippen LogP contribution in [0.4, 0.5) is 4.79 Å². The monoisotopic (exact) mass is 367 g/mol. The van der Waals surface area contributed by atoms with Gasteiger partial charge in [0.05, 0.1) is 6.61 Å². The second kappa shape index (κ2) is 9.17. The Labute approximate surface area is 133 Å². The van der Waals surface area contributed by atoms with Gasteiger partial charge in [0.25, 0.3) is 0 Å². The van der Waals surface area contributed by atoms with E-state index in [1.165, 1.54) is 0 Å². The van der Waals surface area contributed by atoms with E-state index >= 15 is 0 Å². The minimum absolute atomic E-state index is 0.122. The summed E-state index contributed by atoms with van der Waals surface area (Å²) in [6.07, 6.45) is -0.456. The van der Waals surface area contributed by atoms with E-state index < -0.39 is 27.2 Å². The van der Waals surface area contributed by atoms with E-state index in [1.54, 1.807) is 12.1 Å². The molecule has 1 aromatic rings. The Bertz CT molecular complexity index is 588. The lowest BCUT2D eigenvalue weighted by atomic mass is 10.2. The van der Waals surface area contributed by atoms with Crippen LogP contribution < -0.4 is 5.32 Å². The molecular weight excluding hydrogens is 348 g/mol. The quantitative estimate of drug-likeness (QED) is 0.381. The summed E-state index contributed by atoms with van der Waals surface area (Å²) >= 11 is 0. The second-order valence-electron chi connectivity index (χ2n) is 4.62. The molecule has 1 unspecified atom stereocenters. The third-order valence-corrected chi connectivity index (χ3v) is 5.95. The third kappa shape index (κ3) is 10.2. The van der Waals surface area contributed by atoms with Crippen LogP contribution in [-0.2, 0) is 25.0 Å². The third-order valence-electron chi connectivity index (χ3n) is 2.46. The molecule has 0 aromatic heterocycles. The number of ether oxygens (including phenoxy) is 1. The van der Waals surface area contributed by atoms with E-state index in [4.69, 9.17) is 14.5 Å². The van der Waals surface area contributed by atoms with Gasteiger partial charge in [-0.25, -0.2) is 4.79 Å². The Morgan fingerprint density at radius 2 is 1.78 bits per heavy atom. The highest BCUT2D eigenvalue weighted by atomic mass is 31.2. The molecule has 0 aliphatic heterocycles. The molecule has 0 saturated carbocycles. The average Bonchev–Trinajstić information content (AvgIpc) is 2.43. The highest BCUT2D eigenvalue weighted by Gasteiger charge is 2.30. The smallest absolute Gasteiger partial charge is 0.407 e. The molecular formula is C12H19NO8P2. The largest absolute Gasteiger partial charge is 0.445 e. The zero-order chi connectivity index (χ0) is 17.3. The Kier molecular flexibility index (Phi) is 7.91. The predicted octanol–water partition coefficient (Wildman–Crippen LogP) is 1.64. The van der Waals surface area contributed by atoms with Crippen LogP contribution in [0.25, 0.3) is 0 Å². The van der Waals surface area contributed by atoms with Crippen LogP contribution in [-0.4, -0.2) is 39.8 Å². The van der Waals surface area contributed by atoms with E-state index in [0.717, 1.165) is 5.56 Å². The maximum absolute atomic E-state index is 11.4. The first-order valence-corrected chi connectivity index (χ1v) is 10.2. The number of amides is 1. The summed E-state index contributed by atoms with van der Waals surface area (Å²) in [5.41, 5.74) is 0.838. The lowest BCUT2D eigenvalue weighted by Gasteiger charge is -2.13. The molecule has 0 bridgehead atoms. The van der Waals surface area contributed by atoms with Crippen LogP contribution in [0.5, 0.6) is 0 Å². The van der Waals surface area contributed by atoms with Crippen LogP contribution in [0.2, 0.25) is 0 Å². The van der Waals surface area contributed by atoms with Crippen molar-refractivity contribution in [3.8, 4) is 0 Å². The molecule has 11 heteroatoms. The van der Waals surface area contributed by atoms with Gasteiger partial charge in [-0.2, -0.15) is 0 Å². The molecule has 1 atom stereocenters. The van der Waals surface area contributed by atoms with E-state index in [2.05, 4.69) is 9.84 Å². The second-order valence-corrected chi connectivity index (χ2v) is 8.61. The average molecular weight is 367 g/mol. The Hall–Kier alpha value is -1.21. The summed E-state index contributed by atoms with van der Waals surface area (Å²) in [7, 11) is -8.96. The molecule has 23 heavy (non-hydrogen) atoms. The van der Waals surface area contributed by atoms with Crippen molar-refractivity contribution >= 4 is 21.3 Å². The fraction of sp³-hybridized carbons (Fsp3) is 0.417. The summed E-state index contributed by atoms with van der Waals surface area (Å²) in [5.74, 6) is -1.23. The maximum atomic E-state index is 11.4. The van der Waals surface area contributed by atoms with Crippen LogP contribution in [0.15, 0.2) is 30.3 Å². The molecule has 0 aliphatic carbocycles. The molecule has 130 valence electrons. The summed E-state index contributed by atoms with van der Waals surface area (Å²) in [6.45, 7) is 0.0214. The number of hydrogen-bond acceptors (Lipinski definition) is 5. The lowest BCUT2D eigenvalue weighted by molar-refractivity contribution is 0.139. The Balaban J connectivity index is 2.14. The molecule has 0 heterocycles. The molecule has 1 rings (SSSR count). The fourth-order valence-electron chi connectivity index (χ4n) is 1.52. The SMILES string of the molecule is O=C(NCCCOP(=O)(O)CP(=O)(O)O)OCc1ccccc1. The molecule has 4 N–H and O–H groups in total. The standard InChI is InChI=1S/C12H19NO8P2/c14-12(20-9-11-5-2-1-3-6-11)13-7-4-8-21-23(18,19)10-22(15,16)17/h1-3,5-6H,4,7-10H2,(H,13,14)(H,18,19)(H2,15,16,17). The first-order valence-electron chi connectivity index (χ1n) is 6.63. The summed E-state index contributed by atoms with van der Waals surface area (Å²) in [4.78, 5) is 37.8. The minimum Gasteiger partial charge on any atom is -0.445 e. The van der Waals surface area contributed by atoms with Gasteiger partial charge in [-0.15, -0.1) is 0 Å². The lowest BCUT2D eigenvalue weighted by Crippen LogP contribution is -2.25. The molecule has 0 saturated heterocycles. The number of nitrogens with one attached hydrogen (secondary N) is 1. The van der Waals surface area contributed by atoms with Gasteiger partial charge in [-0.05, 0) is 12.0 Å². The maximum Gasteiger partial charge on any atom is 0.407 e. The van der Waals surface area contributed by atoms with Gasteiger partial charge in [0.1, 0.15) is 6.61 Å². The van der Waals surface area contributed by atoms with E-state index in [0.29, 0.717) is 0 Å². The Morgan fingerprint density at radius 1 is 1.13 bits per heavy atom. The predicted molar refractivity (Wildman–Crippen MR) is 81.9 cm³/mol. The van der Waals surface area contributed by atoms with Gasteiger partial charge in [0, 0.05) is 6.54 Å². The van der Waals surface area contributed by atoms with Gasteiger partial charge >= 0.3 is 21.3 Å². The highest BCUT2D eigenvalue weighted by molar-refractivity contribution is 7.70. The number of carbonyl (C=O) groups is 1. The summed E-state index contributed by atoms with van der Waals surface area (Å²) < 4.78 is 31.4. The summed E-state index contributed by atoms with van der Waals surface area (Å²) in [6, 6.07) is 9.09. The summed E-state index contributed by atoms with van der Waals surface area (Å²) in [5, 5.41) is 2.42. The van der Waals surface area contributed by atoms with Crippen LogP contribution >= 0.6 is 15.2 Å². The van der Waals surface area contributed by atoms with Crippen LogP contribution in [0, 0.1) is 0 Å². The van der Waals surface area contributed by atoms with E-state index in [-0.39, 0.29) is 26.2 Å². The number of benzene rings is 1. The van der Waals surface area contributed by atoms with E-state index in [1.807, 2.05) is 18.2 Å². The van der Waals surface area contributed by atoms with Crippen molar-refractivity contribution in [3.05, 3.63) is 35.9 Å². The van der Waals surface area contributed by atoms with Crippen LogP contribution in [0.3, 0.4) is 0 Å². The molecule has 0 radical (unpaired) electrons. The van der Waals surface area contributed by atoms with Crippen molar-refractivity contribution in [3.63, 3.8) is 0 Å². The molecule has 0 spiro atoms. The van der Waals surface area contributed by atoms with Crippen molar-refractivity contribution in [2.24, 2.45) is 0 Å². The van der Waals surface area contributed by atoms with Gasteiger partial charge < -0.3 is 29.3 Å². The topological polar surface area (TPSA) is 142 Å². The fourth-order valence-corrected chi connectivity index (χ4v) is 4.12. The zero-order valence-electron chi connectivity index (χ0n) is 12.2. The first-order chi connectivity index (χ1) is 10.7. The normalized spacial score (nSPS) is 14.0. The van der Waals surface area contributed by atoms with Gasteiger partial charge in [-0.3, -0.25) is 9.13 Å². The first kappa shape index (κ1) is 19.8. The van der Waals surface area contributed by atoms with E-state index in [9.17, 15) is 18.8 Å². The van der Waals surface area contributed by atoms with Crippen molar-refractivity contribution in [2.75, 3.05) is 19.1 Å². The minimum atomic E-state index is -4.62.